The van der Waals surface area contributed by atoms with Crippen LogP contribution in [-0.4, -0.2) is 42.5 Å². The molecule has 120 valence electrons. The summed E-state index contributed by atoms with van der Waals surface area (Å²) in [6.45, 7) is 12.2. The smallest absolute Gasteiger partial charge is 0.191 e. The van der Waals surface area contributed by atoms with Crippen LogP contribution < -0.4 is 10.6 Å². The van der Waals surface area contributed by atoms with Crippen LogP contribution in [0.2, 0.25) is 0 Å². The average molecular weight is 295 g/mol. The highest BCUT2D eigenvalue weighted by Gasteiger charge is 2.11. The first kappa shape index (κ1) is 17.5. The van der Waals surface area contributed by atoms with Crippen LogP contribution in [0.15, 0.2) is 4.99 Å². The number of nitrogens with zero attached hydrogens (tertiary/aromatic N) is 3. The number of guanidine groups is 1. The van der Waals surface area contributed by atoms with Crippen LogP contribution in [0.5, 0.6) is 0 Å². The van der Waals surface area contributed by atoms with Crippen molar-refractivity contribution in [2.24, 2.45) is 4.99 Å². The quantitative estimate of drug-likeness (QED) is 0.565. The van der Waals surface area contributed by atoms with Gasteiger partial charge in [-0.25, -0.2) is 4.99 Å². The van der Waals surface area contributed by atoms with Crippen molar-refractivity contribution in [1.29, 1.82) is 0 Å². The van der Waals surface area contributed by atoms with Crippen LogP contribution in [-0.2, 0) is 17.8 Å². The van der Waals surface area contributed by atoms with Gasteiger partial charge in [0.25, 0.3) is 0 Å². The number of hydrogen-bond acceptors (Lipinski definition) is 3. The Kier molecular flexibility index (Phi) is 7.82. The van der Waals surface area contributed by atoms with Crippen molar-refractivity contribution in [3.63, 3.8) is 0 Å². The first-order valence-electron chi connectivity index (χ1n) is 7.68. The van der Waals surface area contributed by atoms with Crippen molar-refractivity contribution in [1.82, 2.24) is 20.4 Å². The Balaban J connectivity index is 2.78. The van der Waals surface area contributed by atoms with Gasteiger partial charge < -0.3 is 15.4 Å². The van der Waals surface area contributed by atoms with Gasteiger partial charge >= 0.3 is 0 Å². The molecule has 1 rings (SSSR count). The fourth-order valence-electron chi connectivity index (χ4n) is 2.10. The lowest BCUT2D eigenvalue weighted by Crippen LogP contribution is -2.37. The van der Waals surface area contributed by atoms with Gasteiger partial charge in [0.15, 0.2) is 5.96 Å². The second-order valence-corrected chi connectivity index (χ2v) is 4.99. The molecule has 0 unspecified atom stereocenters. The molecule has 0 saturated carbocycles. The minimum atomic E-state index is 0.643. The number of aromatic nitrogens is 2. The molecule has 0 bridgehead atoms. The predicted molar refractivity (Wildman–Crippen MR) is 86.7 cm³/mol. The highest BCUT2D eigenvalue weighted by molar-refractivity contribution is 5.79. The molecule has 6 heteroatoms. The Hall–Kier alpha value is -1.56. The topological polar surface area (TPSA) is 63.5 Å². The molecular weight excluding hydrogens is 266 g/mol. The second kappa shape index (κ2) is 9.39. The summed E-state index contributed by atoms with van der Waals surface area (Å²) in [6.07, 6.45) is 1.08. The van der Waals surface area contributed by atoms with E-state index in [9.17, 15) is 0 Å². The van der Waals surface area contributed by atoms with E-state index in [4.69, 9.17) is 4.74 Å². The Morgan fingerprint density at radius 2 is 2.05 bits per heavy atom. The molecular formula is C15H29N5O. The van der Waals surface area contributed by atoms with Crippen molar-refractivity contribution < 1.29 is 4.74 Å². The van der Waals surface area contributed by atoms with Crippen LogP contribution in [0, 0.1) is 13.8 Å². The van der Waals surface area contributed by atoms with Crippen LogP contribution in [0.3, 0.4) is 0 Å². The molecule has 0 aromatic carbocycles. The Morgan fingerprint density at radius 1 is 1.29 bits per heavy atom. The molecule has 2 N–H and O–H groups in total. The van der Waals surface area contributed by atoms with E-state index in [-0.39, 0.29) is 0 Å². The van der Waals surface area contributed by atoms with Gasteiger partial charge in [-0.3, -0.25) is 4.68 Å². The first-order valence-corrected chi connectivity index (χ1v) is 7.68. The molecule has 1 aromatic rings. The molecule has 1 aromatic heterocycles. The lowest BCUT2D eigenvalue weighted by Gasteiger charge is -2.10. The van der Waals surface area contributed by atoms with E-state index >= 15 is 0 Å². The molecule has 0 radical (unpaired) electrons. The Morgan fingerprint density at radius 3 is 2.67 bits per heavy atom. The zero-order valence-electron chi connectivity index (χ0n) is 14.0. The van der Waals surface area contributed by atoms with Crippen molar-refractivity contribution >= 4 is 5.96 Å². The monoisotopic (exact) mass is 295 g/mol. The molecule has 0 aliphatic rings. The molecule has 0 fully saturated rings. The molecule has 0 aliphatic carbocycles. The van der Waals surface area contributed by atoms with Crippen LogP contribution in [0.25, 0.3) is 0 Å². The highest BCUT2D eigenvalue weighted by Crippen LogP contribution is 2.14. The number of nitrogens with one attached hydrogen (secondary N) is 2. The fourth-order valence-corrected chi connectivity index (χ4v) is 2.10. The van der Waals surface area contributed by atoms with Gasteiger partial charge in [0.05, 0.1) is 25.4 Å². The molecule has 1 heterocycles. The third-order valence-electron chi connectivity index (χ3n) is 3.32. The summed E-state index contributed by atoms with van der Waals surface area (Å²) in [4.78, 5) is 4.65. The Bertz CT molecular complexity index is 453. The largest absolute Gasteiger partial charge is 0.383 e. The highest BCUT2D eigenvalue weighted by atomic mass is 16.5. The summed E-state index contributed by atoms with van der Waals surface area (Å²) in [5, 5.41) is 11.1. The zero-order valence-corrected chi connectivity index (χ0v) is 14.0. The van der Waals surface area contributed by atoms with E-state index in [1.54, 1.807) is 7.11 Å². The molecule has 0 saturated heterocycles. The number of rotatable bonds is 8. The zero-order chi connectivity index (χ0) is 15.7. The molecule has 0 atom stereocenters. The molecule has 0 amide bonds. The van der Waals surface area contributed by atoms with E-state index in [0.717, 1.165) is 37.7 Å². The molecule has 0 spiro atoms. The van der Waals surface area contributed by atoms with E-state index in [1.165, 1.54) is 11.3 Å². The maximum absolute atomic E-state index is 5.12. The standard InChI is InChI=1S/C15H29N5O/c1-6-8-17-15(16-7-2)18-11-14-12(3)19-20(13(14)4)9-10-21-5/h6-11H2,1-5H3,(H2,16,17,18). The van der Waals surface area contributed by atoms with Crippen molar-refractivity contribution in [3.8, 4) is 0 Å². The van der Waals surface area contributed by atoms with Gasteiger partial charge in [0.2, 0.25) is 0 Å². The Labute approximate surface area is 128 Å². The maximum Gasteiger partial charge on any atom is 0.191 e. The summed E-state index contributed by atoms with van der Waals surface area (Å²) in [5.41, 5.74) is 3.40. The average Bonchev–Trinajstić information content (AvgIpc) is 2.74. The SMILES string of the molecule is CCCNC(=NCc1c(C)nn(CCOC)c1C)NCC. The fraction of sp³-hybridized carbons (Fsp3) is 0.733. The molecule has 0 aliphatic heterocycles. The van der Waals surface area contributed by atoms with Crippen molar-refractivity contribution in [2.75, 3.05) is 26.8 Å². The van der Waals surface area contributed by atoms with Crippen molar-refractivity contribution in [2.45, 2.75) is 47.2 Å². The summed E-state index contributed by atoms with van der Waals surface area (Å²) in [5.74, 6) is 0.864. The van der Waals surface area contributed by atoms with Crippen molar-refractivity contribution in [3.05, 3.63) is 17.0 Å². The first-order chi connectivity index (χ1) is 10.1. The third kappa shape index (κ3) is 5.38. The van der Waals surface area contributed by atoms with E-state index in [2.05, 4.69) is 41.5 Å². The second-order valence-electron chi connectivity index (χ2n) is 4.99. The number of ether oxygens (including phenoxy) is 1. The maximum atomic E-state index is 5.12. The van der Waals surface area contributed by atoms with Gasteiger partial charge in [-0.1, -0.05) is 6.92 Å². The van der Waals surface area contributed by atoms with Gasteiger partial charge in [-0.15, -0.1) is 0 Å². The van der Waals surface area contributed by atoms with Gasteiger partial charge in [0.1, 0.15) is 0 Å². The van der Waals surface area contributed by atoms with Crippen LogP contribution in [0.4, 0.5) is 0 Å². The minimum absolute atomic E-state index is 0.643. The van der Waals surface area contributed by atoms with E-state index in [1.807, 2.05) is 11.6 Å². The normalized spacial score (nSPS) is 11.8. The van der Waals surface area contributed by atoms with Gasteiger partial charge in [0, 0.05) is 31.5 Å². The third-order valence-corrected chi connectivity index (χ3v) is 3.32. The number of methoxy groups -OCH3 is 1. The molecule has 21 heavy (non-hydrogen) atoms. The summed E-state index contributed by atoms with van der Waals surface area (Å²) >= 11 is 0. The number of aliphatic imine (C=N–C) groups is 1. The van der Waals surface area contributed by atoms with E-state index < -0.39 is 0 Å². The number of hydrogen-bond donors (Lipinski definition) is 2. The minimum Gasteiger partial charge on any atom is -0.383 e. The summed E-state index contributed by atoms with van der Waals surface area (Å²) < 4.78 is 7.11. The van der Waals surface area contributed by atoms with Crippen LogP contribution in [0.1, 0.15) is 37.2 Å². The van der Waals surface area contributed by atoms with Crippen LogP contribution >= 0.6 is 0 Å². The predicted octanol–water partition coefficient (Wildman–Crippen LogP) is 1.61. The van der Waals surface area contributed by atoms with E-state index in [0.29, 0.717) is 13.2 Å². The summed E-state index contributed by atoms with van der Waals surface area (Å²) in [7, 11) is 1.71. The number of aryl methyl sites for hydroxylation is 1. The molecule has 6 nitrogen and oxygen atoms in total. The lowest BCUT2D eigenvalue weighted by molar-refractivity contribution is 0.182. The summed E-state index contributed by atoms with van der Waals surface area (Å²) in [6, 6.07) is 0. The lowest BCUT2D eigenvalue weighted by atomic mass is 10.2. The van der Waals surface area contributed by atoms with Gasteiger partial charge in [-0.05, 0) is 27.2 Å². The van der Waals surface area contributed by atoms with Gasteiger partial charge in [-0.2, -0.15) is 5.10 Å².